The minimum absolute atomic E-state index is 0.178. The number of nitrogens with zero attached hydrogens (tertiary/aromatic N) is 2. The van der Waals surface area contributed by atoms with Crippen LogP contribution in [0.2, 0.25) is 0 Å². The van der Waals surface area contributed by atoms with Gasteiger partial charge in [-0.15, -0.1) is 0 Å². The zero-order valence-electron chi connectivity index (χ0n) is 14.5. The summed E-state index contributed by atoms with van der Waals surface area (Å²) in [6.07, 6.45) is 0. The molecule has 0 spiro atoms. The lowest BCUT2D eigenvalue weighted by Gasteiger charge is -2.05. The fraction of sp³-hybridized carbons (Fsp3) is 0.100. The fourth-order valence-corrected chi connectivity index (χ4v) is 3.12. The zero-order valence-corrected chi connectivity index (χ0v) is 15.3. The van der Waals surface area contributed by atoms with Crippen LogP contribution in [-0.4, -0.2) is 18.0 Å². The molecule has 4 aromatic rings. The van der Waals surface area contributed by atoms with Crippen molar-refractivity contribution < 1.29 is 17.5 Å². The van der Waals surface area contributed by atoms with Crippen molar-refractivity contribution in [2.45, 2.75) is 11.8 Å². The van der Waals surface area contributed by atoms with Gasteiger partial charge in [-0.2, -0.15) is 4.57 Å². The summed E-state index contributed by atoms with van der Waals surface area (Å²) in [4.78, 5) is 4.44. The third-order valence-electron chi connectivity index (χ3n) is 4.04. The first-order valence-electron chi connectivity index (χ1n) is 8.02. The number of hydrogen-bond donors (Lipinski definition) is 0. The zero-order chi connectivity index (χ0) is 18.7. The summed E-state index contributed by atoms with van der Waals surface area (Å²) < 4.78 is 33.3. The molecule has 0 bridgehead atoms. The Morgan fingerprint density at radius 1 is 0.808 bits per heavy atom. The van der Waals surface area contributed by atoms with Crippen LogP contribution in [0.3, 0.4) is 0 Å². The third kappa shape index (κ3) is 3.87. The van der Waals surface area contributed by atoms with Crippen molar-refractivity contribution in [1.82, 2.24) is 4.98 Å². The Morgan fingerprint density at radius 2 is 1.27 bits per heavy atom. The van der Waals surface area contributed by atoms with Crippen molar-refractivity contribution in [3.05, 3.63) is 78.4 Å². The lowest BCUT2D eigenvalue weighted by molar-refractivity contribution is -0.617. The van der Waals surface area contributed by atoms with E-state index in [1.807, 2.05) is 43.3 Å². The highest BCUT2D eigenvalue weighted by Crippen LogP contribution is 2.12. The predicted molar refractivity (Wildman–Crippen MR) is 99.6 cm³/mol. The van der Waals surface area contributed by atoms with E-state index in [-0.39, 0.29) is 4.90 Å². The smallest absolute Gasteiger partial charge is 0.231 e. The van der Waals surface area contributed by atoms with Gasteiger partial charge in [0.1, 0.15) is 28.2 Å². The molecule has 0 saturated heterocycles. The highest BCUT2D eigenvalue weighted by Gasteiger charge is 2.10. The normalized spacial score (nSPS) is 11.2. The molecule has 3 aromatic carbocycles. The van der Waals surface area contributed by atoms with Crippen LogP contribution in [0, 0.1) is 6.92 Å². The maximum atomic E-state index is 10.4. The standard InChI is InChI=1S/C13H11N2.C7H8O3S/c1-15-12-8-4-2-6-10(12)14-11-7-3-5-9-13(11)15;1-6-2-4-7(5-3-6)11(8,9)10/h2-9H,1H3;2-5H,1H3,(H,8,9,10)/q+1;/p-1. The maximum absolute atomic E-state index is 10.4. The molecule has 1 aromatic heterocycles. The van der Waals surface area contributed by atoms with Gasteiger partial charge in [0.05, 0.1) is 4.90 Å². The number of benzene rings is 3. The Hall–Kier alpha value is -2.83. The molecule has 4 rings (SSSR count). The van der Waals surface area contributed by atoms with Gasteiger partial charge >= 0.3 is 0 Å². The summed E-state index contributed by atoms with van der Waals surface area (Å²) in [6.45, 7) is 1.82. The highest BCUT2D eigenvalue weighted by atomic mass is 32.2. The first-order chi connectivity index (χ1) is 12.4. The van der Waals surface area contributed by atoms with Crippen LogP contribution in [0.4, 0.5) is 0 Å². The van der Waals surface area contributed by atoms with Crippen molar-refractivity contribution in [1.29, 1.82) is 0 Å². The fourth-order valence-electron chi connectivity index (χ4n) is 2.65. The number of para-hydroxylation sites is 4. The first kappa shape index (κ1) is 18.0. The van der Waals surface area contributed by atoms with Crippen LogP contribution in [0.25, 0.3) is 22.1 Å². The molecule has 0 fully saturated rings. The molecule has 0 saturated carbocycles. The molecule has 0 N–H and O–H groups in total. The van der Waals surface area contributed by atoms with E-state index in [4.69, 9.17) is 0 Å². The number of fused-ring (bicyclic) bond motifs is 2. The quantitative estimate of drug-likeness (QED) is 0.295. The second-order valence-electron chi connectivity index (χ2n) is 5.92. The van der Waals surface area contributed by atoms with Gasteiger partial charge in [-0.1, -0.05) is 42.0 Å². The van der Waals surface area contributed by atoms with Gasteiger partial charge in [-0.25, -0.2) is 13.4 Å². The van der Waals surface area contributed by atoms with E-state index in [0.29, 0.717) is 0 Å². The number of rotatable bonds is 1. The Morgan fingerprint density at radius 3 is 1.73 bits per heavy atom. The molecule has 0 amide bonds. The molecule has 0 unspecified atom stereocenters. The van der Waals surface area contributed by atoms with Crippen molar-refractivity contribution in [2.75, 3.05) is 0 Å². The third-order valence-corrected chi connectivity index (χ3v) is 4.89. The minimum atomic E-state index is -4.27. The van der Waals surface area contributed by atoms with Gasteiger partial charge < -0.3 is 4.55 Å². The average molecular weight is 366 g/mol. The minimum Gasteiger partial charge on any atom is -0.744 e. The molecule has 6 heteroatoms. The molecule has 0 aliphatic rings. The van der Waals surface area contributed by atoms with E-state index in [1.54, 1.807) is 12.1 Å². The van der Waals surface area contributed by atoms with Gasteiger partial charge in [0.2, 0.25) is 11.0 Å². The van der Waals surface area contributed by atoms with Crippen LogP contribution in [-0.2, 0) is 17.2 Å². The lowest BCUT2D eigenvalue weighted by atomic mass is 10.2. The molecule has 0 aliphatic carbocycles. The molecule has 0 aliphatic heterocycles. The molecular formula is C20H18N2O3S. The summed E-state index contributed by atoms with van der Waals surface area (Å²) in [7, 11) is -2.19. The summed E-state index contributed by atoms with van der Waals surface area (Å²) >= 11 is 0. The SMILES string of the molecule is C[n+]1c2ccccc2nc2ccccc21.Cc1ccc(S(=O)(=O)[O-])cc1. The molecule has 1 heterocycles. The van der Waals surface area contributed by atoms with Gasteiger partial charge in [0.15, 0.2) is 0 Å². The Balaban J connectivity index is 0.000000160. The van der Waals surface area contributed by atoms with Gasteiger partial charge in [-0.3, -0.25) is 0 Å². The van der Waals surface area contributed by atoms with Gasteiger partial charge in [0.25, 0.3) is 0 Å². The summed E-state index contributed by atoms with van der Waals surface area (Å²) in [6, 6.07) is 22.2. The van der Waals surface area contributed by atoms with Crippen LogP contribution >= 0.6 is 0 Å². The topological polar surface area (TPSA) is 74.0 Å². The summed E-state index contributed by atoms with van der Waals surface area (Å²) in [5, 5.41) is 0. The number of aromatic nitrogens is 2. The second-order valence-corrected chi connectivity index (χ2v) is 7.30. The van der Waals surface area contributed by atoms with Crippen molar-refractivity contribution in [2.24, 2.45) is 7.05 Å². The number of aryl methyl sites for hydroxylation is 2. The van der Waals surface area contributed by atoms with Crippen molar-refractivity contribution in [3.8, 4) is 0 Å². The Kier molecular flexibility index (Phi) is 4.97. The van der Waals surface area contributed by atoms with E-state index in [0.717, 1.165) is 27.6 Å². The maximum Gasteiger partial charge on any atom is 0.231 e. The first-order valence-corrected chi connectivity index (χ1v) is 9.43. The monoisotopic (exact) mass is 366 g/mol. The predicted octanol–water partition coefficient (Wildman–Crippen LogP) is 3.11. The van der Waals surface area contributed by atoms with Crippen LogP contribution in [0.1, 0.15) is 5.56 Å². The summed E-state index contributed by atoms with van der Waals surface area (Å²) in [5.74, 6) is 0. The van der Waals surface area contributed by atoms with Gasteiger partial charge in [0, 0.05) is 12.1 Å². The molecule has 132 valence electrons. The molecule has 0 radical (unpaired) electrons. The molecule has 0 atom stereocenters. The van der Waals surface area contributed by atoms with Crippen molar-refractivity contribution >= 4 is 32.2 Å². The highest BCUT2D eigenvalue weighted by molar-refractivity contribution is 7.85. The van der Waals surface area contributed by atoms with E-state index >= 15 is 0 Å². The van der Waals surface area contributed by atoms with E-state index in [2.05, 4.69) is 28.7 Å². The van der Waals surface area contributed by atoms with Crippen molar-refractivity contribution in [3.63, 3.8) is 0 Å². The van der Waals surface area contributed by atoms with Crippen LogP contribution < -0.4 is 4.57 Å². The van der Waals surface area contributed by atoms with E-state index in [9.17, 15) is 13.0 Å². The Labute approximate surface area is 152 Å². The summed E-state index contributed by atoms with van der Waals surface area (Å²) in [5.41, 5.74) is 5.34. The Bertz CT molecular complexity index is 1120. The van der Waals surface area contributed by atoms with Crippen LogP contribution in [0.15, 0.2) is 77.7 Å². The van der Waals surface area contributed by atoms with Crippen LogP contribution in [0.5, 0.6) is 0 Å². The molecular weight excluding hydrogens is 348 g/mol. The second kappa shape index (κ2) is 7.19. The number of hydrogen-bond acceptors (Lipinski definition) is 4. The van der Waals surface area contributed by atoms with E-state index < -0.39 is 10.1 Å². The largest absolute Gasteiger partial charge is 0.744 e. The lowest BCUT2D eigenvalue weighted by Crippen LogP contribution is -2.30. The van der Waals surface area contributed by atoms with Gasteiger partial charge in [-0.05, 0) is 31.2 Å². The average Bonchev–Trinajstić information content (AvgIpc) is 2.62. The molecule has 5 nitrogen and oxygen atoms in total. The van der Waals surface area contributed by atoms with E-state index in [1.165, 1.54) is 12.1 Å². The molecule has 26 heavy (non-hydrogen) atoms.